The summed E-state index contributed by atoms with van der Waals surface area (Å²) in [4.78, 5) is 40.4. The van der Waals surface area contributed by atoms with Gasteiger partial charge in [0.1, 0.15) is 6.10 Å². The van der Waals surface area contributed by atoms with Crippen molar-refractivity contribution in [3.05, 3.63) is 134 Å². The molecule has 3 aromatic carbocycles. The molecule has 2 heterocycles. The van der Waals surface area contributed by atoms with Gasteiger partial charge in [-0.1, -0.05) is 66.7 Å². The van der Waals surface area contributed by atoms with E-state index in [4.69, 9.17) is 9.47 Å². The van der Waals surface area contributed by atoms with Crippen LogP contribution in [0.4, 0.5) is 5.69 Å². The highest BCUT2D eigenvalue weighted by Gasteiger charge is 2.40. The first-order valence-corrected chi connectivity index (χ1v) is 13.3. The highest BCUT2D eigenvalue weighted by Crippen LogP contribution is 2.41. The maximum Gasteiger partial charge on any atom is 0.337 e. The lowest BCUT2D eigenvalue weighted by molar-refractivity contribution is -0.384. The first-order valence-electron chi connectivity index (χ1n) is 13.3. The maximum atomic E-state index is 14.1. The van der Waals surface area contributed by atoms with Crippen LogP contribution in [0.3, 0.4) is 0 Å². The minimum Gasteiger partial charge on any atom is -0.466 e. The van der Waals surface area contributed by atoms with Gasteiger partial charge in [0, 0.05) is 43.2 Å². The Bertz CT molecular complexity index is 1560. The summed E-state index contributed by atoms with van der Waals surface area (Å²) in [5.74, 6) is -2.17. The number of non-ortho nitro benzene ring substituents is 1. The van der Waals surface area contributed by atoms with Crippen LogP contribution in [0.15, 0.2) is 101 Å². The van der Waals surface area contributed by atoms with E-state index in [0.717, 1.165) is 16.7 Å². The average molecular weight is 554 g/mol. The second kappa shape index (κ2) is 11.8. The summed E-state index contributed by atoms with van der Waals surface area (Å²) in [6.45, 7) is 5.33. The maximum absolute atomic E-state index is 14.1. The van der Waals surface area contributed by atoms with Gasteiger partial charge in [0.25, 0.3) is 5.69 Å². The lowest BCUT2D eigenvalue weighted by Crippen LogP contribution is -2.37. The summed E-state index contributed by atoms with van der Waals surface area (Å²) < 4.78 is 11.3. The third-order valence-corrected chi connectivity index (χ3v) is 7.52. The van der Waals surface area contributed by atoms with Crippen LogP contribution in [0.25, 0.3) is 0 Å². The minimum absolute atomic E-state index is 0.147. The number of dihydropyridines is 1. The highest BCUT2D eigenvalue weighted by molar-refractivity contribution is 6.00. The third kappa shape index (κ3) is 5.76. The number of benzene rings is 3. The van der Waals surface area contributed by atoms with Crippen LogP contribution in [0.2, 0.25) is 0 Å². The van der Waals surface area contributed by atoms with Crippen LogP contribution < -0.4 is 5.32 Å². The lowest BCUT2D eigenvalue weighted by atomic mass is 9.80. The molecule has 9 heteroatoms. The number of nitro groups is 1. The van der Waals surface area contributed by atoms with Crippen LogP contribution in [-0.4, -0.2) is 35.4 Å². The van der Waals surface area contributed by atoms with Crippen LogP contribution in [0.5, 0.6) is 0 Å². The summed E-state index contributed by atoms with van der Waals surface area (Å²) in [7, 11) is 1.26. The fourth-order valence-electron chi connectivity index (χ4n) is 5.68. The van der Waals surface area contributed by atoms with Crippen molar-refractivity contribution >= 4 is 17.6 Å². The molecule has 2 aliphatic rings. The van der Waals surface area contributed by atoms with Gasteiger partial charge in [-0.3, -0.25) is 15.0 Å². The highest BCUT2D eigenvalue weighted by atomic mass is 16.6. The Morgan fingerprint density at radius 3 is 2.34 bits per heavy atom. The van der Waals surface area contributed by atoms with E-state index in [9.17, 15) is 19.7 Å². The van der Waals surface area contributed by atoms with Crippen molar-refractivity contribution in [2.45, 2.75) is 39.0 Å². The smallest absolute Gasteiger partial charge is 0.337 e. The predicted octanol–water partition coefficient (Wildman–Crippen LogP) is 5.30. The fraction of sp³-hybridized carbons (Fsp3) is 0.250. The number of nitro benzene ring substituents is 1. The van der Waals surface area contributed by atoms with Crippen molar-refractivity contribution in [1.29, 1.82) is 0 Å². The fourth-order valence-corrected chi connectivity index (χ4v) is 5.68. The van der Waals surface area contributed by atoms with Crippen LogP contribution in [-0.2, 0) is 32.2 Å². The van der Waals surface area contributed by atoms with Crippen molar-refractivity contribution in [1.82, 2.24) is 10.2 Å². The van der Waals surface area contributed by atoms with E-state index >= 15 is 0 Å². The number of fused-ring (bicyclic) bond motifs is 1. The molecule has 2 unspecified atom stereocenters. The Hall–Kier alpha value is -4.76. The number of esters is 2. The molecule has 41 heavy (non-hydrogen) atoms. The zero-order chi connectivity index (χ0) is 29.1. The number of nitrogens with one attached hydrogen (secondary N) is 1. The lowest BCUT2D eigenvalue weighted by Gasteiger charge is -2.36. The van der Waals surface area contributed by atoms with Gasteiger partial charge in [0.05, 0.1) is 29.1 Å². The number of hydrogen-bond acceptors (Lipinski definition) is 8. The van der Waals surface area contributed by atoms with Gasteiger partial charge in [-0.05, 0) is 36.1 Å². The number of carbonyl (C=O) groups excluding carboxylic acids is 2. The Morgan fingerprint density at radius 1 is 0.951 bits per heavy atom. The van der Waals surface area contributed by atoms with E-state index in [2.05, 4.69) is 22.3 Å². The van der Waals surface area contributed by atoms with Crippen molar-refractivity contribution in [3.8, 4) is 0 Å². The molecule has 210 valence electrons. The molecule has 0 radical (unpaired) electrons. The minimum atomic E-state index is -0.921. The van der Waals surface area contributed by atoms with Gasteiger partial charge in [-0.2, -0.15) is 0 Å². The molecule has 0 aliphatic carbocycles. The number of rotatable bonds is 7. The monoisotopic (exact) mass is 553 g/mol. The molecular formula is C32H31N3O6. The van der Waals surface area contributed by atoms with Crippen LogP contribution >= 0.6 is 0 Å². The Balaban J connectivity index is 1.51. The normalized spacial score (nSPS) is 18.8. The molecule has 3 aromatic rings. The van der Waals surface area contributed by atoms with Gasteiger partial charge in [-0.15, -0.1) is 0 Å². The zero-order valence-electron chi connectivity index (χ0n) is 23.1. The van der Waals surface area contributed by atoms with E-state index in [1.165, 1.54) is 25.3 Å². The summed E-state index contributed by atoms with van der Waals surface area (Å²) in [5, 5.41) is 14.7. The first-order chi connectivity index (χ1) is 19.8. The molecule has 0 amide bonds. The first kappa shape index (κ1) is 27.8. The molecule has 0 spiro atoms. The number of allylic oxidation sites excluding steroid dienone is 2. The van der Waals surface area contributed by atoms with Gasteiger partial charge in [0.2, 0.25) is 0 Å². The molecule has 0 bridgehead atoms. The number of hydrogen-bond donors (Lipinski definition) is 1. The van der Waals surface area contributed by atoms with Gasteiger partial charge < -0.3 is 14.8 Å². The molecule has 0 aromatic heterocycles. The van der Waals surface area contributed by atoms with E-state index in [1.54, 1.807) is 19.9 Å². The second-order valence-electron chi connectivity index (χ2n) is 10.2. The molecule has 2 atom stereocenters. The molecular weight excluding hydrogens is 522 g/mol. The molecule has 5 rings (SSSR count). The standard InChI is InChI=1S/C32H31N3O6/c1-20-28(31(36)40-3)30(23-13-9-14-25(16-23)35(38)39)29(21(2)33-20)32(37)41-27-19-34(17-22-10-5-4-6-11-22)18-24-12-7-8-15-26(24)27/h4-16,27,30,33H,17-19H2,1-3H3. The number of carbonyl (C=O) groups is 2. The SMILES string of the molecule is COC(=O)C1=C(C)NC(C)=C(C(=O)OC2CN(Cc3ccccc3)Cc3ccccc32)C1c1cccc([N+](=O)[O-])c1. The van der Waals surface area contributed by atoms with Gasteiger partial charge >= 0.3 is 11.9 Å². The van der Waals surface area contributed by atoms with Gasteiger partial charge in [0.15, 0.2) is 0 Å². The summed E-state index contributed by atoms with van der Waals surface area (Å²) in [5.41, 5.74) is 4.82. The molecule has 0 saturated heterocycles. The number of nitrogens with zero attached hydrogens (tertiary/aromatic N) is 2. The van der Waals surface area contributed by atoms with Crippen molar-refractivity contribution in [2.75, 3.05) is 13.7 Å². The van der Waals surface area contributed by atoms with Crippen LogP contribution in [0, 0.1) is 10.1 Å². The molecule has 0 fully saturated rings. The summed E-state index contributed by atoms with van der Waals surface area (Å²) in [6, 6.07) is 23.9. The van der Waals surface area contributed by atoms with Crippen LogP contribution in [0.1, 0.15) is 48.1 Å². The average Bonchev–Trinajstić information content (AvgIpc) is 2.97. The van der Waals surface area contributed by atoms with E-state index < -0.39 is 28.9 Å². The number of methoxy groups -OCH3 is 1. The van der Waals surface area contributed by atoms with E-state index in [0.29, 0.717) is 36.6 Å². The Morgan fingerprint density at radius 2 is 1.63 bits per heavy atom. The molecule has 9 nitrogen and oxygen atoms in total. The van der Waals surface area contributed by atoms with Crippen molar-refractivity contribution in [3.63, 3.8) is 0 Å². The second-order valence-corrected chi connectivity index (χ2v) is 10.2. The molecule has 1 N–H and O–H groups in total. The number of ether oxygens (including phenoxy) is 2. The quantitative estimate of drug-likeness (QED) is 0.238. The summed E-state index contributed by atoms with van der Waals surface area (Å²) >= 11 is 0. The Labute approximate surface area is 238 Å². The van der Waals surface area contributed by atoms with Crippen molar-refractivity contribution < 1.29 is 24.0 Å². The molecule has 2 aliphatic heterocycles. The Kier molecular flexibility index (Phi) is 7.98. The predicted molar refractivity (Wildman–Crippen MR) is 152 cm³/mol. The largest absolute Gasteiger partial charge is 0.466 e. The van der Waals surface area contributed by atoms with Crippen molar-refractivity contribution in [2.24, 2.45) is 0 Å². The topological polar surface area (TPSA) is 111 Å². The third-order valence-electron chi connectivity index (χ3n) is 7.52. The van der Waals surface area contributed by atoms with E-state index in [1.807, 2.05) is 42.5 Å². The summed E-state index contributed by atoms with van der Waals surface area (Å²) in [6.07, 6.45) is -0.559. The zero-order valence-corrected chi connectivity index (χ0v) is 23.1. The van der Waals surface area contributed by atoms with Gasteiger partial charge in [-0.25, -0.2) is 9.59 Å². The molecule has 0 saturated carbocycles. The van der Waals surface area contributed by atoms with E-state index in [-0.39, 0.29) is 16.8 Å².